The zero-order valence-electron chi connectivity index (χ0n) is 16.6. The first kappa shape index (κ1) is 17.7. The summed E-state index contributed by atoms with van der Waals surface area (Å²) in [5.41, 5.74) is 2.80. The Balaban J connectivity index is 1.55. The van der Waals surface area contributed by atoms with Crippen LogP contribution in [-0.4, -0.2) is 54.1 Å². The number of hydrogen-bond donors (Lipinski definition) is 1. The summed E-state index contributed by atoms with van der Waals surface area (Å²) >= 11 is 0. The smallest absolute Gasteiger partial charge is 0.258 e. The quantitative estimate of drug-likeness (QED) is 0.551. The van der Waals surface area contributed by atoms with Crippen molar-refractivity contribution in [1.82, 2.24) is 34.3 Å². The van der Waals surface area contributed by atoms with Crippen molar-refractivity contribution in [2.24, 2.45) is 0 Å². The molecule has 29 heavy (non-hydrogen) atoms. The third-order valence-corrected chi connectivity index (χ3v) is 5.18. The van der Waals surface area contributed by atoms with Gasteiger partial charge in [-0.3, -0.25) is 9.20 Å². The molecule has 4 aromatic heterocycles. The van der Waals surface area contributed by atoms with E-state index in [1.54, 1.807) is 21.3 Å². The van der Waals surface area contributed by atoms with Crippen molar-refractivity contribution in [3.05, 3.63) is 53.0 Å². The summed E-state index contributed by atoms with van der Waals surface area (Å²) in [6.07, 6.45) is 5.33. The van der Waals surface area contributed by atoms with E-state index in [1.807, 2.05) is 25.3 Å². The van der Waals surface area contributed by atoms with Gasteiger partial charge in [-0.05, 0) is 32.9 Å². The molecule has 1 saturated heterocycles. The van der Waals surface area contributed by atoms with Crippen LogP contribution in [0.3, 0.4) is 0 Å². The Morgan fingerprint density at radius 3 is 2.86 bits per heavy atom. The van der Waals surface area contributed by atoms with Gasteiger partial charge < -0.3 is 10.2 Å². The number of nitrogens with zero attached hydrogens (tertiary/aromatic N) is 7. The second-order valence-corrected chi connectivity index (χ2v) is 8.07. The molecule has 0 aliphatic carbocycles. The molecule has 0 saturated carbocycles. The van der Waals surface area contributed by atoms with Gasteiger partial charge in [-0.25, -0.2) is 14.5 Å². The fraction of sp³-hybridized carbons (Fsp3) is 0.350. The largest absolute Gasteiger partial charge is 0.367 e. The van der Waals surface area contributed by atoms with Crippen molar-refractivity contribution in [3.8, 4) is 11.3 Å². The van der Waals surface area contributed by atoms with E-state index in [4.69, 9.17) is 0 Å². The Bertz CT molecular complexity index is 1290. The highest BCUT2D eigenvalue weighted by Crippen LogP contribution is 2.21. The third kappa shape index (κ3) is 3.23. The van der Waals surface area contributed by atoms with E-state index in [0.717, 1.165) is 30.9 Å². The second-order valence-electron chi connectivity index (χ2n) is 8.07. The predicted molar refractivity (Wildman–Crippen MR) is 110 cm³/mol. The number of piperazine rings is 1. The highest BCUT2D eigenvalue weighted by Gasteiger charge is 2.26. The molecule has 5 rings (SSSR count). The van der Waals surface area contributed by atoms with Gasteiger partial charge in [0.25, 0.3) is 11.3 Å². The number of aromatic nitrogens is 6. The van der Waals surface area contributed by atoms with Crippen molar-refractivity contribution >= 4 is 17.1 Å². The van der Waals surface area contributed by atoms with Gasteiger partial charge in [-0.15, -0.1) is 0 Å². The SMILES string of the molecule is Cc1nc2ncc(-c3cc(=O)n4cc(N5CCNC(C)(C)C5)ccc4n3)cn2n1. The number of anilines is 1. The van der Waals surface area contributed by atoms with Crippen molar-refractivity contribution in [2.45, 2.75) is 26.3 Å². The minimum absolute atomic E-state index is 0.0334. The summed E-state index contributed by atoms with van der Waals surface area (Å²) in [5.74, 6) is 1.16. The molecule has 5 heterocycles. The van der Waals surface area contributed by atoms with Gasteiger partial charge in [0.2, 0.25) is 0 Å². The molecule has 0 aromatic carbocycles. The zero-order valence-corrected chi connectivity index (χ0v) is 16.6. The van der Waals surface area contributed by atoms with Crippen LogP contribution in [0.1, 0.15) is 19.7 Å². The Labute approximate surface area is 167 Å². The van der Waals surface area contributed by atoms with Crippen LogP contribution < -0.4 is 15.8 Å². The molecule has 1 aliphatic heterocycles. The normalized spacial score (nSPS) is 16.6. The molecular weight excluding hydrogens is 368 g/mol. The number of nitrogens with one attached hydrogen (secondary N) is 1. The van der Waals surface area contributed by atoms with E-state index in [1.165, 1.54) is 6.07 Å². The molecular formula is C20H22N8O. The first-order valence-corrected chi connectivity index (χ1v) is 9.61. The lowest BCUT2D eigenvalue weighted by molar-refractivity contribution is 0.353. The predicted octanol–water partition coefficient (Wildman–Crippen LogP) is 1.30. The van der Waals surface area contributed by atoms with Gasteiger partial charge in [0, 0.05) is 55.4 Å². The molecule has 148 valence electrons. The zero-order chi connectivity index (χ0) is 20.2. The molecule has 9 nitrogen and oxygen atoms in total. The van der Waals surface area contributed by atoms with Gasteiger partial charge in [-0.1, -0.05) is 0 Å². The first-order chi connectivity index (χ1) is 13.9. The summed E-state index contributed by atoms with van der Waals surface area (Å²) < 4.78 is 3.20. The van der Waals surface area contributed by atoms with Crippen LogP contribution in [0.5, 0.6) is 0 Å². The molecule has 0 unspecified atom stereocenters. The number of fused-ring (bicyclic) bond motifs is 2. The van der Waals surface area contributed by atoms with E-state index in [9.17, 15) is 4.79 Å². The highest BCUT2D eigenvalue weighted by atomic mass is 16.1. The molecule has 1 N–H and O–H groups in total. The molecule has 0 spiro atoms. The van der Waals surface area contributed by atoms with Gasteiger partial charge in [0.1, 0.15) is 11.5 Å². The topological polar surface area (TPSA) is 92.7 Å². The van der Waals surface area contributed by atoms with E-state index >= 15 is 0 Å². The van der Waals surface area contributed by atoms with E-state index in [-0.39, 0.29) is 11.1 Å². The molecule has 1 fully saturated rings. The van der Waals surface area contributed by atoms with Crippen LogP contribution in [0.2, 0.25) is 0 Å². The van der Waals surface area contributed by atoms with E-state index in [0.29, 0.717) is 22.9 Å². The lowest BCUT2D eigenvalue weighted by Gasteiger charge is -2.40. The lowest BCUT2D eigenvalue weighted by Crippen LogP contribution is -2.57. The molecule has 0 atom stereocenters. The second kappa shape index (κ2) is 6.35. The summed E-state index contributed by atoms with van der Waals surface area (Å²) in [6, 6.07) is 5.45. The van der Waals surface area contributed by atoms with Gasteiger partial charge in [0.15, 0.2) is 0 Å². The van der Waals surface area contributed by atoms with Crippen LogP contribution in [0.15, 0.2) is 41.6 Å². The summed E-state index contributed by atoms with van der Waals surface area (Å²) in [6.45, 7) is 8.86. The van der Waals surface area contributed by atoms with Gasteiger partial charge >= 0.3 is 0 Å². The van der Waals surface area contributed by atoms with Crippen molar-refractivity contribution in [3.63, 3.8) is 0 Å². The summed E-state index contributed by atoms with van der Waals surface area (Å²) in [5, 5.41) is 7.79. The number of hydrogen-bond acceptors (Lipinski definition) is 7. The average Bonchev–Trinajstić information content (AvgIpc) is 3.06. The Morgan fingerprint density at radius 1 is 1.17 bits per heavy atom. The van der Waals surface area contributed by atoms with Crippen LogP contribution >= 0.6 is 0 Å². The van der Waals surface area contributed by atoms with Crippen LogP contribution in [0.25, 0.3) is 22.7 Å². The van der Waals surface area contributed by atoms with Crippen molar-refractivity contribution in [2.75, 3.05) is 24.5 Å². The number of pyridine rings is 1. The van der Waals surface area contributed by atoms with Crippen molar-refractivity contribution in [1.29, 1.82) is 0 Å². The third-order valence-electron chi connectivity index (χ3n) is 5.18. The molecule has 1 aliphatic rings. The fourth-order valence-electron chi connectivity index (χ4n) is 3.81. The molecule has 4 aromatic rings. The Hall–Kier alpha value is -3.33. The lowest BCUT2D eigenvalue weighted by atomic mass is 10.0. The molecule has 0 radical (unpaired) electrons. The van der Waals surface area contributed by atoms with Crippen LogP contribution in [0, 0.1) is 6.92 Å². The molecule has 0 amide bonds. The molecule has 9 heteroatoms. The minimum Gasteiger partial charge on any atom is -0.367 e. The highest BCUT2D eigenvalue weighted by molar-refractivity contribution is 5.62. The number of aryl methyl sites for hydroxylation is 1. The van der Waals surface area contributed by atoms with Gasteiger partial charge in [-0.2, -0.15) is 10.1 Å². The first-order valence-electron chi connectivity index (χ1n) is 9.61. The summed E-state index contributed by atoms with van der Waals surface area (Å²) in [7, 11) is 0. The van der Waals surface area contributed by atoms with E-state index in [2.05, 4.69) is 44.1 Å². The minimum atomic E-state index is -0.129. The van der Waals surface area contributed by atoms with E-state index < -0.39 is 0 Å². The van der Waals surface area contributed by atoms with Crippen LogP contribution in [0.4, 0.5) is 5.69 Å². The van der Waals surface area contributed by atoms with Crippen LogP contribution in [-0.2, 0) is 0 Å². The monoisotopic (exact) mass is 390 g/mol. The van der Waals surface area contributed by atoms with Gasteiger partial charge in [0.05, 0.1) is 11.4 Å². The molecule has 0 bridgehead atoms. The Kier molecular flexibility index (Phi) is 3.88. The number of rotatable bonds is 2. The fourth-order valence-corrected chi connectivity index (χ4v) is 3.81. The van der Waals surface area contributed by atoms with Crippen molar-refractivity contribution < 1.29 is 0 Å². The maximum Gasteiger partial charge on any atom is 0.258 e. The Morgan fingerprint density at radius 2 is 2.03 bits per heavy atom. The standard InChI is InChI=1S/C20H22N8O/c1-13-23-19-21-9-14(10-28(19)25-13)16-8-18(29)27-11-15(4-5-17(27)24-16)26-7-6-22-20(2,3)12-26/h4-5,8-11,22H,6-7,12H2,1-3H3. The maximum atomic E-state index is 12.8. The average molecular weight is 390 g/mol. The maximum absolute atomic E-state index is 12.8. The summed E-state index contributed by atoms with van der Waals surface area (Å²) in [4.78, 5) is 28.3.